The number of nitrogens with one attached hydrogen (secondary N) is 1. The van der Waals surface area contributed by atoms with Crippen LogP contribution >= 0.6 is 0 Å². The quantitative estimate of drug-likeness (QED) is 0.669. The maximum atomic E-state index is 11.5. The molecular formula is C11H20N2O. The first kappa shape index (κ1) is 11.2. The smallest absolute Gasteiger partial charge is 0.246 e. The van der Waals surface area contributed by atoms with Crippen molar-refractivity contribution in [3.05, 3.63) is 12.7 Å². The van der Waals surface area contributed by atoms with Crippen molar-refractivity contribution in [1.82, 2.24) is 10.2 Å². The Kier molecular flexibility index (Phi) is 4.66. The molecular weight excluding hydrogens is 176 g/mol. The third kappa shape index (κ3) is 3.14. The van der Waals surface area contributed by atoms with Crippen LogP contribution in [0.2, 0.25) is 0 Å². The topological polar surface area (TPSA) is 32.3 Å². The zero-order valence-electron chi connectivity index (χ0n) is 8.96. The summed E-state index contributed by atoms with van der Waals surface area (Å²) >= 11 is 0. The summed E-state index contributed by atoms with van der Waals surface area (Å²) in [5.41, 5.74) is 0. The first-order chi connectivity index (χ1) is 6.77. The predicted octanol–water partition coefficient (Wildman–Crippen LogP) is 1.16. The number of amides is 1. The van der Waals surface area contributed by atoms with E-state index in [1.807, 2.05) is 4.90 Å². The van der Waals surface area contributed by atoms with Crippen molar-refractivity contribution < 1.29 is 4.79 Å². The van der Waals surface area contributed by atoms with Gasteiger partial charge < -0.3 is 10.2 Å². The molecule has 3 heteroatoms. The lowest BCUT2D eigenvalue weighted by atomic mass is 10.2. The van der Waals surface area contributed by atoms with Crippen LogP contribution in [-0.4, -0.2) is 36.5 Å². The predicted molar refractivity (Wildman–Crippen MR) is 58.1 cm³/mol. The molecule has 0 aromatic carbocycles. The van der Waals surface area contributed by atoms with Gasteiger partial charge in [-0.15, -0.1) is 0 Å². The van der Waals surface area contributed by atoms with Crippen LogP contribution in [-0.2, 0) is 4.79 Å². The minimum absolute atomic E-state index is 0.0561. The molecule has 1 N–H and O–H groups in total. The van der Waals surface area contributed by atoms with Crippen molar-refractivity contribution in [1.29, 1.82) is 0 Å². The van der Waals surface area contributed by atoms with Gasteiger partial charge in [-0.25, -0.2) is 0 Å². The highest BCUT2D eigenvalue weighted by Crippen LogP contribution is 2.07. The van der Waals surface area contributed by atoms with Gasteiger partial charge in [0.25, 0.3) is 0 Å². The molecule has 1 saturated heterocycles. The van der Waals surface area contributed by atoms with E-state index in [2.05, 4.69) is 18.8 Å². The minimum atomic E-state index is 0.0561. The molecule has 0 bridgehead atoms. The Morgan fingerprint density at radius 1 is 1.71 bits per heavy atom. The van der Waals surface area contributed by atoms with Crippen molar-refractivity contribution in [3.8, 4) is 0 Å². The summed E-state index contributed by atoms with van der Waals surface area (Å²) in [4.78, 5) is 13.4. The van der Waals surface area contributed by atoms with Crippen LogP contribution in [0.1, 0.15) is 26.2 Å². The summed E-state index contributed by atoms with van der Waals surface area (Å²) in [7, 11) is 0. The zero-order valence-corrected chi connectivity index (χ0v) is 8.96. The van der Waals surface area contributed by atoms with E-state index in [-0.39, 0.29) is 5.91 Å². The molecule has 0 aromatic heterocycles. The third-order valence-corrected chi connectivity index (χ3v) is 2.58. The molecule has 1 aliphatic heterocycles. The Labute approximate surface area is 86.2 Å². The Morgan fingerprint density at radius 3 is 3.00 bits per heavy atom. The van der Waals surface area contributed by atoms with E-state index >= 15 is 0 Å². The molecule has 14 heavy (non-hydrogen) atoms. The summed E-state index contributed by atoms with van der Waals surface area (Å²) < 4.78 is 0. The van der Waals surface area contributed by atoms with E-state index < -0.39 is 0 Å². The summed E-state index contributed by atoms with van der Waals surface area (Å²) in [5.74, 6) is 0.0561. The fourth-order valence-corrected chi connectivity index (χ4v) is 1.87. The molecule has 1 heterocycles. The van der Waals surface area contributed by atoms with Crippen LogP contribution in [0.3, 0.4) is 0 Å². The number of carbonyl (C=O) groups is 1. The third-order valence-electron chi connectivity index (χ3n) is 2.58. The van der Waals surface area contributed by atoms with Crippen molar-refractivity contribution in [3.63, 3.8) is 0 Å². The SMILES string of the molecule is C=CC(=O)N(CCC)CC1CCCN1. The van der Waals surface area contributed by atoms with Crippen molar-refractivity contribution in [2.24, 2.45) is 0 Å². The standard InChI is InChI=1S/C11H20N2O/c1-3-8-13(11(14)4-2)9-10-6-5-7-12-10/h4,10,12H,2-3,5-9H2,1H3. The minimum Gasteiger partial charge on any atom is -0.338 e. The number of carbonyl (C=O) groups excluding carboxylic acids is 1. The highest BCUT2D eigenvalue weighted by atomic mass is 16.2. The van der Waals surface area contributed by atoms with Crippen LogP contribution in [0, 0.1) is 0 Å². The molecule has 0 aliphatic carbocycles. The van der Waals surface area contributed by atoms with Gasteiger partial charge in [0, 0.05) is 19.1 Å². The molecule has 1 atom stereocenters. The van der Waals surface area contributed by atoms with Crippen molar-refractivity contribution in [2.45, 2.75) is 32.2 Å². The Balaban J connectivity index is 2.40. The molecule has 1 aliphatic rings. The van der Waals surface area contributed by atoms with Gasteiger partial charge in [-0.05, 0) is 31.9 Å². The van der Waals surface area contributed by atoms with Crippen LogP contribution in [0.5, 0.6) is 0 Å². The van der Waals surface area contributed by atoms with Gasteiger partial charge in [-0.1, -0.05) is 13.5 Å². The maximum absolute atomic E-state index is 11.5. The van der Waals surface area contributed by atoms with E-state index in [1.54, 1.807) is 0 Å². The molecule has 80 valence electrons. The van der Waals surface area contributed by atoms with Crippen LogP contribution in [0.15, 0.2) is 12.7 Å². The van der Waals surface area contributed by atoms with Gasteiger partial charge in [-0.2, -0.15) is 0 Å². The molecule has 0 saturated carbocycles. The second-order valence-electron chi connectivity index (χ2n) is 3.78. The van der Waals surface area contributed by atoms with E-state index in [4.69, 9.17) is 0 Å². The lowest BCUT2D eigenvalue weighted by Gasteiger charge is -2.24. The van der Waals surface area contributed by atoms with Gasteiger partial charge >= 0.3 is 0 Å². The van der Waals surface area contributed by atoms with E-state index in [0.29, 0.717) is 6.04 Å². The fraction of sp³-hybridized carbons (Fsp3) is 0.727. The second kappa shape index (κ2) is 5.81. The Hall–Kier alpha value is -0.830. The van der Waals surface area contributed by atoms with Gasteiger partial charge in [0.2, 0.25) is 5.91 Å². The van der Waals surface area contributed by atoms with Gasteiger partial charge in [0.15, 0.2) is 0 Å². The summed E-state index contributed by atoms with van der Waals surface area (Å²) in [6.45, 7) is 8.37. The molecule has 1 amide bonds. The Morgan fingerprint density at radius 2 is 2.50 bits per heavy atom. The first-order valence-electron chi connectivity index (χ1n) is 5.42. The molecule has 0 radical (unpaired) electrons. The lowest BCUT2D eigenvalue weighted by Crippen LogP contribution is -2.40. The second-order valence-corrected chi connectivity index (χ2v) is 3.78. The molecule has 1 unspecified atom stereocenters. The average molecular weight is 196 g/mol. The van der Waals surface area contributed by atoms with Gasteiger partial charge in [-0.3, -0.25) is 4.79 Å². The van der Waals surface area contributed by atoms with E-state index in [0.717, 1.165) is 26.1 Å². The normalized spacial score (nSPS) is 20.8. The van der Waals surface area contributed by atoms with Crippen molar-refractivity contribution >= 4 is 5.91 Å². The van der Waals surface area contributed by atoms with Crippen molar-refractivity contribution in [2.75, 3.05) is 19.6 Å². The molecule has 0 spiro atoms. The fourth-order valence-electron chi connectivity index (χ4n) is 1.87. The number of hydrogen-bond donors (Lipinski definition) is 1. The van der Waals surface area contributed by atoms with Crippen LogP contribution < -0.4 is 5.32 Å². The van der Waals surface area contributed by atoms with Crippen LogP contribution in [0.4, 0.5) is 0 Å². The highest BCUT2D eigenvalue weighted by molar-refractivity contribution is 5.87. The van der Waals surface area contributed by atoms with E-state index in [9.17, 15) is 4.79 Å². The molecule has 1 rings (SSSR count). The monoisotopic (exact) mass is 196 g/mol. The maximum Gasteiger partial charge on any atom is 0.246 e. The average Bonchev–Trinajstić information content (AvgIpc) is 2.68. The highest BCUT2D eigenvalue weighted by Gasteiger charge is 2.19. The number of nitrogens with zero attached hydrogens (tertiary/aromatic N) is 1. The van der Waals surface area contributed by atoms with Crippen LogP contribution in [0.25, 0.3) is 0 Å². The summed E-state index contributed by atoms with van der Waals surface area (Å²) in [6, 6.07) is 0.491. The largest absolute Gasteiger partial charge is 0.338 e. The zero-order chi connectivity index (χ0) is 10.4. The summed E-state index contributed by atoms with van der Waals surface area (Å²) in [6.07, 6.45) is 4.83. The van der Waals surface area contributed by atoms with E-state index in [1.165, 1.54) is 18.9 Å². The molecule has 3 nitrogen and oxygen atoms in total. The first-order valence-corrected chi connectivity index (χ1v) is 5.42. The lowest BCUT2D eigenvalue weighted by molar-refractivity contribution is -0.126. The Bertz CT molecular complexity index is 197. The molecule has 1 fully saturated rings. The van der Waals surface area contributed by atoms with Gasteiger partial charge in [0.05, 0.1) is 0 Å². The molecule has 0 aromatic rings. The van der Waals surface area contributed by atoms with Gasteiger partial charge in [0.1, 0.15) is 0 Å². The number of rotatable bonds is 5. The summed E-state index contributed by atoms with van der Waals surface area (Å²) in [5, 5.41) is 3.40. The number of hydrogen-bond acceptors (Lipinski definition) is 2.